The lowest BCUT2D eigenvalue weighted by Gasteiger charge is -2.34. The summed E-state index contributed by atoms with van der Waals surface area (Å²) in [5.41, 5.74) is 3.44. The predicted molar refractivity (Wildman–Crippen MR) is 134 cm³/mol. The minimum atomic E-state index is 0.0212. The molecule has 176 valence electrons. The molecule has 5 rings (SSSR count). The molecule has 0 unspecified atom stereocenters. The van der Waals surface area contributed by atoms with Crippen LogP contribution in [0.4, 0.5) is 15.7 Å². The number of amides is 2. The Kier molecular flexibility index (Phi) is 6.39. The van der Waals surface area contributed by atoms with E-state index in [1.165, 1.54) is 31.2 Å². The molecule has 2 N–H and O–H groups in total. The fourth-order valence-electron chi connectivity index (χ4n) is 4.72. The van der Waals surface area contributed by atoms with Crippen molar-refractivity contribution in [1.29, 1.82) is 0 Å². The van der Waals surface area contributed by atoms with E-state index in [2.05, 4.69) is 46.7 Å². The molecule has 0 bridgehead atoms. The van der Waals surface area contributed by atoms with E-state index in [4.69, 9.17) is 10.1 Å². The Morgan fingerprint density at radius 1 is 1.09 bits per heavy atom. The van der Waals surface area contributed by atoms with Gasteiger partial charge in [-0.15, -0.1) is 5.10 Å². The van der Waals surface area contributed by atoms with Crippen LogP contribution in [0.3, 0.4) is 0 Å². The Hall–Kier alpha value is -2.81. The number of hydrogen-bond donors (Lipinski definition) is 2. The lowest BCUT2D eigenvalue weighted by atomic mass is 10.1. The van der Waals surface area contributed by atoms with Crippen molar-refractivity contribution in [1.82, 2.24) is 24.8 Å². The van der Waals surface area contributed by atoms with Crippen LogP contribution in [0.25, 0.3) is 16.2 Å². The van der Waals surface area contributed by atoms with E-state index < -0.39 is 0 Å². The second kappa shape index (κ2) is 9.59. The van der Waals surface area contributed by atoms with Crippen molar-refractivity contribution in [2.45, 2.75) is 52.0 Å². The van der Waals surface area contributed by atoms with Gasteiger partial charge in [-0.25, -0.2) is 9.78 Å². The van der Waals surface area contributed by atoms with Gasteiger partial charge in [0.15, 0.2) is 5.82 Å². The van der Waals surface area contributed by atoms with Gasteiger partial charge in [-0.05, 0) is 31.7 Å². The summed E-state index contributed by atoms with van der Waals surface area (Å²) in [5, 5.41) is 12.6. The minimum absolute atomic E-state index is 0.0212. The molecule has 1 saturated carbocycles. The molecule has 1 aliphatic heterocycles. The van der Waals surface area contributed by atoms with Gasteiger partial charge in [0.05, 0.1) is 0 Å². The molecule has 33 heavy (non-hydrogen) atoms. The maximum atomic E-state index is 12.1. The predicted octanol–water partition coefficient (Wildman–Crippen LogP) is 4.23. The van der Waals surface area contributed by atoms with Gasteiger partial charge < -0.3 is 20.4 Å². The molecule has 0 atom stereocenters. The van der Waals surface area contributed by atoms with E-state index in [-0.39, 0.29) is 6.03 Å². The summed E-state index contributed by atoms with van der Waals surface area (Å²) in [6.45, 7) is 7.75. The number of hydrogen-bond acceptors (Lipinski definition) is 6. The average Bonchev–Trinajstić information content (AvgIpc) is 3.58. The topological polar surface area (TPSA) is 77.8 Å². The lowest BCUT2D eigenvalue weighted by Crippen LogP contribution is -2.51. The molecule has 1 aliphatic carbocycles. The Bertz CT molecular complexity index is 1090. The van der Waals surface area contributed by atoms with Crippen LogP contribution >= 0.6 is 11.3 Å². The van der Waals surface area contributed by atoms with Crippen LogP contribution in [-0.2, 0) is 6.42 Å². The van der Waals surface area contributed by atoms with Gasteiger partial charge in [0, 0.05) is 44.3 Å². The van der Waals surface area contributed by atoms with Crippen LogP contribution in [0.15, 0.2) is 24.3 Å². The normalized spacial score (nSPS) is 17.2. The highest BCUT2D eigenvalue weighted by molar-refractivity contribution is 7.20. The van der Waals surface area contributed by atoms with Crippen LogP contribution in [0.5, 0.6) is 0 Å². The number of fused-ring (bicyclic) bond motifs is 1. The number of anilines is 2. The summed E-state index contributed by atoms with van der Waals surface area (Å²) < 4.78 is 2.00. The molecule has 3 aromatic rings. The van der Waals surface area contributed by atoms with Crippen molar-refractivity contribution in [3.8, 4) is 11.3 Å². The molecule has 2 fully saturated rings. The molecule has 0 radical (unpaired) electrons. The highest BCUT2D eigenvalue weighted by atomic mass is 32.1. The van der Waals surface area contributed by atoms with Gasteiger partial charge >= 0.3 is 6.03 Å². The van der Waals surface area contributed by atoms with E-state index in [1.807, 2.05) is 16.3 Å². The van der Waals surface area contributed by atoms with Crippen molar-refractivity contribution in [3.63, 3.8) is 0 Å². The lowest BCUT2D eigenvalue weighted by molar-refractivity contribution is 0.195. The first-order valence-corrected chi connectivity index (χ1v) is 13.0. The van der Waals surface area contributed by atoms with E-state index in [0.29, 0.717) is 25.7 Å². The molecular formula is C24H33N7OS. The number of rotatable bonds is 6. The van der Waals surface area contributed by atoms with Crippen LogP contribution in [0.2, 0.25) is 0 Å². The van der Waals surface area contributed by atoms with Gasteiger partial charge in [0.1, 0.15) is 5.69 Å². The van der Waals surface area contributed by atoms with E-state index in [1.54, 1.807) is 11.3 Å². The largest absolute Gasteiger partial charge is 0.365 e. The molecule has 3 heterocycles. The third-order valence-electron chi connectivity index (χ3n) is 6.69. The zero-order valence-electron chi connectivity index (χ0n) is 19.5. The molecule has 9 heteroatoms. The number of carbonyl (C=O) groups excluding carboxylic acids is 1. The number of imidazole rings is 1. The van der Waals surface area contributed by atoms with Crippen LogP contribution in [-0.4, -0.2) is 64.3 Å². The number of benzene rings is 1. The van der Waals surface area contributed by atoms with Gasteiger partial charge in [-0.2, -0.15) is 4.52 Å². The summed E-state index contributed by atoms with van der Waals surface area (Å²) in [6, 6.07) is 9.22. The Labute approximate surface area is 199 Å². The number of carbonyl (C=O) groups is 1. The Morgan fingerprint density at radius 2 is 1.82 bits per heavy atom. The highest BCUT2D eigenvalue weighted by Gasteiger charge is 2.26. The van der Waals surface area contributed by atoms with Crippen molar-refractivity contribution in [3.05, 3.63) is 29.8 Å². The third-order valence-corrected chi connectivity index (χ3v) is 7.66. The fraction of sp³-hybridized carbons (Fsp3) is 0.542. The van der Waals surface area contributed by atoms with Gasteiger partial charge in [0.25, 0.3) is 0 Å². The fourth-order valence-corrected chi connectivity index (χ4v) is 5.68. The van der Waals surface area contributed by atoms with E-state index in [0.717, 1.165) is 46.7 Å². The minimum Gasteiger partial charge on any atom is -0.365 e. The van der Waals surface area contributed by atoms with Crippen molar-refractivity contribution in [2.24, 2.45) is 0 Å². The Morgan fingerprint density at radius 3 is 2.48 bits per heavy atom. The quantitative estimate of drug-likeness (QED) is 0.567. The van der Waals surface area contributed by atoms with Crippen LogP contribution in [0, 0.1) is 0 Å². The van der Waals surface area contributed by atoms with Crippen LogP contribution < -0.4 is 15.5 Å². The zero-order chi connectivity index (χ0) is 22.8. The summed E-state index contributed by atoms with van der Waals surface area (Å²) in [5.74, 6) is 1.00. The maximum Gasteiger partial charge on any atom is 0.317 e. The average molecular weight is 468 g/mol. The summed E-state index contributed by atoms with van der Waals surface area (Å²) in [4.78, 5) is 22.2. The molecule has 1 saturated heterocycles. The van der Waals surface area contributed by atoms with Gasteiger partial charge in [0.2, 0.25) is 10.1 Å². The molecular weight excluding hydrogens is 434 g/mol. The molecule has 2 aromatic heterocycles. The standard InChI is InChI=1S/C24H33N7OS/c1-3-17-9-11-18(12-10-17)20-21(26-19-7-5-6-8-19)31-23(27-20)33-24(28-31)30-15-13-29(14-16-30)22(32)25-4-2/h9-12,19,26H,3-8,13-16H2,1-2H3,(H,25,32). The summed E-state index contributed by atoms with van der Waals surface area (Å²) >= 11 is 1.63. The number of nitrogens with one attached hydrogen (secondary N) is 2. The van der Waals surface area contributed by atoms with E-state index in [9.17, 15) is 4.79 Å². The number of piperazine rings is 1. The van der Waals surface area contributed by atoms with Gasteiger partial charge in [-0.1, -0.05) is 55.4 Å². The molecule has 1 aromatic carbocycles. The van der Waals surface area contributed by atoms with Gasteiger partial charge in [-0.3, -0.25) is 0 Å². The first kappa shape index (κ1) is 22.0. The molecule has 0 spiro atoms. The highest BCUT2D eigenvalue weighted by Crippen LogP contribution is 2.35. The van der Waals surface area contributed by atoms with E-state index >= 15 is 0 Å². The van der Waals surface area contributed by atoms with Crippen molar-refractivity contribution in [2.75, 3.05) is 42.9 Å². The Balaban J connectivity index is 1.41. The number of aromatic nitrogens is 3. The molecule has 2 aliphatic rings. The second-order valence-corrected chi connectivity index (χ2v) is 9.81. The number of aryl methyl sites for hydroxylation is 1. The number of nitrogens with zero attached hydrogens (tertiary/aromatic N) is 5. The number of urea groups is 1. The third kappa shape index (κ3) is 4.51. The smallest absolute Gasteiger partial charge is 0.317 e. The van der Waals surface area contributed by atoms with Crippen molar-refractivity contribution < 1.29 is 4.79 Å². The first-order valence-electron chi connectivity index (χ1n) is 12.2. The maximum absolute atomic E-state index is 12.1. The monoisotopic (exact) mass is 467 g/mol. The molecule has 2 amide bonds. The SMILES string of the molecule is CCNC(=O)N1CCN(c2nn3c(NC4CCCC4)c(-c4ccc(CC)cc4)nc3s2)CC1. The summed E-state index contributed by atoms with van der Waals surface area (Å²) in [7, 11) is 0. The summed E-state index contributed by atoms with van der Waals surface area (Å²) in [6.07, 6.45) is 5.97. The first-order chi connectivity index (χ1) is 16.2. The van der Waals surface area contributed by atoms with Crippen LogP contribution in [0.1, 0.15) is 45.1 Å². The van der Waals surface area contributed by atoms with Crippen molar-refractivity contribution >= 4 is 33.3 Å². The zero-order valence-corrected chi connectivity index (χ0v) is 20.3. The molecule has 8 nitrogen and oxygen atoms in total. The second-order valence-electron chi connectivity index (χ2n) is 8.87.